The summed E-state index contributed by atoms with van der Waals surface area (Å²) in [5.74, 6) is 1.19. The fourth-order valence-corrected chi connectivity index (χ4v) is 3.44. The number of hydrogen-bond acceptors (Lipinski definition) is 4. The quantitative estimate of drug-likeness (QED) is 0.481. The third-order valence-corrected chi connectivity index (χ3v) is 5.28. The van der Waals surface area contributed by atoms with Crippen molar-refractivity contribution in [2.24, 2.45) is 4.99 Å². The second kappa shape index (κ2) is 10.7. The first-order valence-corrected chi connectivity index (χ1v) is 10.1. The van der Waals surface area contributed by atoms with Crippen molar-refractivity contribution in [2.75, 3.05) is 27.2 Å². The Morgan fingerprint density at radius 2 is 1.96 bits per heavy atom. The zero-order valence-electron chi connectivity index (χ0n) is 16.5. The van der Waals surface area contributed by atoms with Crippen molar-refractivity contribution in [3.63, 3.8) is 0 Å². The number of guanidine groups is 1. The summed E-state index contributed by atoms with van der Waals surface area (Å²) in [4.78, 5) is 20.6. The van der Waals surface area contributed by atoms with Gasteiger partial charge in [0.2, 0.25) is 0 Å². The number of amides is 1. The van der Waals surface area contributed by atoms with Crippen LogP contribution in [0.2, 0.25) is 0 Å². The molecule has 0 spiro atoms. The molecule has 0 bridgehead atoms. The van der Waals surface area contributed by atoms with Crippen molar-refractivity contribution in [3.05, 3.63) is 51.5 Å². The summed E-state index contributed by atoms with van der Waals surface area (Å²) in [6.07, 6.45) is 1.69. The number of aliphatic imine (C=N–C) groups is 1. The van der Waals surface area contributed by atoms with Gasteiger partial charge in [0, 0.05) is 50.5 Å². The van der Waals surface area contributed by atoms with Crippen molar-refractivity contribution in [2.45, 2.75) is 32.6 Å². The van der Waals surface area contributed by atoms with Gasteiger partial charge in [-0.05, 0) is 24.1 Å². The molecule has 2 aromatic rings. The van der Waals surface area contributed by atoms with E-state index in [9.17, 15) is 4.79 Å². The molecule has 3 N–H and O–H groups in total. The number of rotatable bonds is 8. The fourth-order valence-electron chi connectivity index (χ4n) is 2.57. The van der Waals surface area contributed by atoms with Gasteiger partial charge < -0.3 is 16.0 Å². The van der Waals surface area contributed by atoms with Gasteiger partial charge in [0.25, 0.3) is 5.91 Å². The second-order valence-electron chi connectivity index (χ2n) is 6.54. The molecule has 0 saturated carbocycles. The number of thiazole rings is 1. The Kier molecular flexibility index (Phi) is 8.26. The number of carbonyl (C=O) groups excluding carboxylic acids is 1. The van der Waals surface area contributed by atoms with E-state index in [0.717, 1.165) is 43.1 Å². The Labute approximate surface area is 165 Å². The first-order valence-electron chi connectivity index (χ1n) is 9.23. The van der Waals surface area contributed by atoms with Gasteiger partial charge in [0.1, 0.15) is 0 Å². The van der Waals surface area contributed by atoms with Crippen LogP contribution in [0, 0.1) is 0 Å². The smallest absolute Gasteiger partial charge is 0.251 e. The molecule has 2 rings (SSSR count). The molecule has 0 atom stereocenters. The van der Waals surface area contributed by atoms with Crippen molar-refractivity contribution < 1.29 is 4.79 Å². The molecule has 1 heterocycles. The van der Waals surface area contributed by atoms with Crippen LogP contribution in [0.5, 0.6) is 0 Å². The first kappa shape index (κ1) is 20.9. The molecular formula is C20H29N5OS. The highest BCUT2D eigenvalue weighted by Gasteiger charge is 2.06. The van der Waals surface area contributed by atoms with Crippen LogP contribution in [0.4, 0.5) is 0 Å². The SMILES string of the molecule is CN=C(NCCc1cccc(C(=O)NC)c1)NCCc1csc(C(C)C)n1. The summed E-state index contributed by atoms with van der Waals surface area (Å²) in [5, 5.41) is 12.6. The van der Waals surface area contributed by atoms with Gasteiger partial charge >= 0.3 is 0 Å². The van der Waals surface area contributed by atoms with Crippen LogP contribution in [0.15, 0.2) is 34.6 Å². The van der Waals surface area contributed by atoms with E-state index in [-0.39, 0.29) is 5.91 Å². The molecule has 146 valence electrons. The van der Waals surface area contributed by atoms with E-state index >= 15 is 0 Å². The van der Waals surface area contributed by atoms with Gasteiger partial charge in [-0.25, -0.2) is 4.98 Å². The lowest BCUT2D eigenvalue weighted by Gasteiger charge is -2.11. The van der Waals surface area contributed by atoms with Crippen LogP contribution in [0.25, 0.3) is 0 Å². The summed E-state index contributed by atoms with van der Waals surface area (Å²) in [7, 11) is 3.41. The normalized spacial score (nSPS) is 11.5. The maximum Gasteiger partial charge on any atom is 0.251 e. The molecule has 7 heteroatoms. The maximum absolute atomic E-state index is 11.7. The topological polar surface area (TPSA) is 78.4 Å². The number of benzene rings is 1. The van der Waals surface area contributed by atoms with Gasteiger partial charge in [-0.3, -0.25) is 9.79 Å². The monoisotopic (exact) mass is 387 g/mol. The Balaban J connectivity index is 1.74. The predicted molar refractivity (Wildman–Crippen MR) is 113 cm³/mol. The minimum Gasteiger partial charge on any atom is -0.356 e. The Hall–Kier alpha value is -2.41. The average molecular weight is 388 g/mol. The van der Waals surface area contributed by atoms with Gasteiger partial charge in [0.15, 0.2) is 5.96 Å². The zero-order valence-corrected chi connectivity index (χ0v) is 17.3. The van der Waals surface area contributed by atoms with Gasteiger partial charge in [-0.1, -0.05) is 26.0 Å². The van der Waals surface area contributed by atoms with E-state index in [1.807, 2.05) is 24.3 Å². The van der Waals surface area contributed by atoms with Crippen LogP contribution >= 0.6 is 11.3 Å². The van der Waals surface area contributed by atoms with Crippen LogP contribution in [-0.4, -0.2) is 44.0 Å². The number of aromatic nitrogens is 1. The Morgan fingerprint density at radius 3 is 2.59 bits per heavy atom. The number of carbonyl (C=O) groups is 1. The summed E-state index contributed by atoms with van der Waals surface area (Å²) >= 11 is 1.73. The van der Waals surface area contributed by atoms with Crippen molar-refractivity contribution in [3.8, 4) is 0 Å². The van der Waals surface area contributed by atoms with Crippen molar-refractivity contribution in [1.29, 1.82) is 0 Å². The van der Waals surface area contributed by atoms with Crippen LogP contribution in [0.1, 0.15) is 46.4 Å². The average Bonchev–Trinajstić information content (AvgIpc) is 3.15. The molecular weight excluding hydrogens is 358 g/mol. The highest BCUT2D eigenvalue weighted by Crippen LogP contribution is 2.19. The number of nitrogens with one attached hydrogen (secondary N) is 3. The first-order chi connectivity index (χ1) is 13.0. The highest BCUT2D eigenvalue weighted by molar-refractivity contribution is 7.09. The van der Waals surface area contributed by atoms with E-state index < -0.39 is 0 Å². The molecule has 0 aliphatic carbocycles. The summed E-state index contributed by atoms with van der Waals surface area (Å²) in [6, 6.07) is 7.68. The lowest BCUT2D eigenvalue weighted by atomic mass is 10.1. The standard InChI is InChI=1S/C20H29N5OS/c1-14(2)19-25-17(13-27-19)9-11-24-20(22-4)23-10-8-15-6-5-7-16(12-15)18(26)21-3/h5-7,12-14H,8-11H2,1-4H3,(H,21,26)(H2,22,23,24). The number of hydrogen-bond donors (Lipinski definition) is 3. The van der Waals surface area contributed by atoms with Crippen LogP contribution < -0.4 is 16.0 Å². The molecule has 0 fully saturated rings. The number of nitrogens with zero attached hydrogens (tertiary/aromatic N) is 2. The lowest BCUT2D eigenvalue weighted by molar-refractivity contribution is 0.0963. The van der Waals surface area contributed by atoms with Crippen molar-refractivity contribution >= 4 is 23.2 Å². The molecule has 0 aliphatic rings. The van der Waals surface area contributed by atoms with Gasteiger partial charge in [-0.2, -0.15) is 0 Å². The van der Waals surface area contributed by atoms with Gasteiger partial charge in [-0.15, -0.1) is 11.3 Å². The van der Waals surface area contributed by atoms with Gasteiger partial charge in [0.05, 0.1) is 10.7 Å². The second-order valence-corrected chi connectivity index (χ2v) is 7.43. The van der Waals surface area contributed by atoms with Crippen LogP contribution in [-0.2, 0) is 12.8 Å². The molecule has 0 aliphatic heterocycles. The molecule has 0 radical (unpaired) electrons. The molecule has 27 heavy (non-hydrogen) atoms. The molecule has 6 nitrogen and oxygen atoms in total. The summed E-state index contributed by atoms with van der Waals surface area (Å²) in [5.41, 5.74) is 2.92. The fraction of sp³-hybridized carbons (Fsp3) is 0.450. The molecule has 1 aromatic heterocycles. The molecule has 1 aromatic carbocycles. The highest BCUT2D eigenvalue weighted by atomic mass is 32.1. The third-order valence-electron chi connectivity index (χ3n) is 4.08. The lowest BCUT2D eigenvalue weighted by Crippen LogP contribution is -2.39. The van der Waals surface area contributed by atoms with E-state index in [1.165, 1.54) is 5.01 Å². The Morgan fingerprint density at radius 1 is 1.22 bits per heavy atom. The third kappa shape index (κ3) is 6.67. The molecule has 0 unspecified atom stereocenters. The molecule has 1 amide bonds. The minimum atomic E-state index is -0.0649. The van der Waals surface area contributed by atoms with E-state index in [0.29, 0.717) is 11.5 Å². The van der Waals surface area contributed by atoms with E-state index in [1.54, 1.807) is 25.4 Å². The van der Waals surface area contributed by atoms with Crippen molar-refractivity contribution in [1.82, 2.24) is 20.9 Å². The minimum absolute atomic E-state index is 0.0649. The summed E-state index contributed by atoms with van der Waals surface area (Å²) < 4.78 is 0. The summed E-state index contributed by atoms with van der Waals surface area (Å²) in [6.45, 7) is 5.85. The maximum atomic E-state index is 11.7. The predicted octanol–water partition coefficient (Wildman–Crippen LogP) is 2.58. The van der Waals surface area contributed by atoms with Crippen LogP contribution in [0.3, 0.4) is 0 Å². The van der Waals surface area contributed by atoms with E-state index in [4.69, 9.17) is 0 Å². The molecule has 0 saturated heterocycles. The Bertz CT molecular complexity index is 769. The zero-order chi connectivity index (χ0) is 19.6. The van der Waals surface area contributed by atoms with E-state index in [2.05, 4.69) is 45.2 Å². The largest absolute Gasteiger partial charge is 0.356 e.